The molecule has 4 aliphatic rings. The minimum atomic E-state index is -3.37. The Kier molecular flexibility index (Phi) is 4.48. The van der Waals surface area contributed by atoms with E-state index in [0.29, 0.717) is 29.8 Å². The molecule has 2 N–H and O–H groups in total. The average molecular weight is 373 g/mol. The largest absolute Gasteiger partial charge is 0.338 e. The van der Waals surface area contributed by atoms with Gasteiger partial charge in [0.25, 0.3) is 15.9 Å². The molecule has 9 heteroatoms. The molecule has 0 bridgehead atoms. The number of rotatable bonds is 1. The van der Waals surface area contributed by atoms with E-state index in [1.807, 2.05) is 4.90 Å². The molecule has 3 unspecified atom stereocenters. The Balaban J connectivity index is 0.00000169. The van der Waals surface area contributed by atoms with Gasteiger partial charge >= 0.3 is 0 Å². The van der Waals surface area contributed by atoms with Gasteiger partial charge in [-0.25, -0.2) is 8.42 Å². The number of carbonyl (C=O) groups excluding carboxylic acids is 1. The Morgan fingerprint density at radius 2 is 2.04 bits per heavy atom. The normalized spacial score (nSPS) is 33.3. The monoisotopic (exact) mass is 372 g/mol. The van der Waals surface area contributed by atoms with Gasteiger partial charge in [0.1, 0.15) is 5.84 Å². The molecular formula is C15H21ClN4O3S. The third kappa shape index (κ3) is 2.98. The van der Waals surface area contributed by atoms with E-state index in [-0.39, 0.29) is 30.1 Å². The Bertz CT molecular complexity index is 746. The van der Waals surface area contributed by atoms with Gasteiger partial charge in [0, 0.05) is 31.9 Å². The molecule has 0 aromatic rings. The lowest BCUT2D eigenvalue weighted by atomic mass is 9.98. The molecular weight excluding hydrogens is 352 g/mol. The summed E-state index contributed by atoms with van der Waals surface area (Å²) in [6.07, 6.45) is 7.14. The van der Waals surface area contributed by atoms with Crippen molar-refractivity contribution in [2.45, 2.75) is 18.9 Å². The lowest BCUT2D eigenvalue weighted by molar-refractivity contribution is -0.126. The van der Waals surface area contributed by atoms with E-state index >= 15 is 0 Å². The highest BCUT2D eigenvalue weighted by Crippen LogP contribution is 2.37. The summed E-state index contributed by atoms with van der Waals surface area (Å²) in [6.45, 7) is 1.83. The Hall–Kier alpha value is -1.38. The minimum absolute atomic E-state index is 0. The van der Waals surface area contributed by atoms with Crippen molar-refractivity contribution in [3.63, 3.8) is 0 Å². The number of hydrogen-bond donors (Lipinski definition) is 1. The number of likely N-dealkylation sites (tertiary alicyclic amines) is 1. The van der Waals surface area contributed by atoms with Crippen molar-refractivity contribution < 1.29 is 13.2 Å². The van der Waals surface area contributed by atoms with Crippen molar-refractivity contribution in [1.29, 1.82) is 0 Å². The van der Waals surface area contributed by atoms with Gasteiger partial charge in [0.15, 0.2) is 0 Å². The number of nitrogens with two attached hydrogens (primary N) is 1. The zero-order valence-electron chi connectivity index (χ0n) is 13.2. The number of halogens is 1. The number of hydrogen-bond acceptors (Lipinski definition) is 5. The van der Waals surface area contributed by atoms with E-state index in [0.717, 1.165) is 25.9 Å². The fourth-order valence-corrected chi connectivity index (χ4v) is 4.95. The van der Waals surface area contributed by atoms with E-state index in [4.69, 9.17) is 5.73 Å². The maximum absolute atomic E-state index is 12.7. The highest BCUT2D eigenvalue weighted by Gasteiger charge is 2.43. The molecule has 24 heavy (non-hydrogen) atoms. The van der Waals surface area contributed by atoms with Gasteiger partial charge < -0.3 is 15.5 Å². The van der Waals surface area contributed by atoms with Gasteiger partial charge in [-0.2, -0.15) is 0 Å². The SMILES string of the molecule is Cl.NC1CCC2CN(C(=O)C3=CN4CCS(=O)(=O)N=C4C=C3)CC12. The number of amides is 1. The van der Waals surface area contributed by atoms with Gasteiger partial charge in [-0.1, -0.05) is 0 Å². The van der Waals surface area contributed by atoms with Crippen LogP contribution in [0.15, 0.2) is 28.3 Å². The van der Waals surface area contributed by atoms with Crippen LogP contribution >= 0.6 is 12.4 Å². The van der Waals surface area contributed by atoms with Crippen LogP contribution in [-0.4, -0.2) is 61.4 Å². The van der Waals surface area contributed by atoms with E-state index in [1.165, 1.54) is 0 Å². The quantitative estimate of drug-likeness (QED) is 0.704. The van der Waals surface area contributed by atoms with Gasteiger partial charge in [-0.15, -0.1) is 16.8 Å². The van der Waals surface area contributed by atoms with E-state index in [1.54, 1.807) is 23.3 Å². The van der Waals surface area contributed by atoms with Crippen LogP contribution in [0.5, 0.6) is 0 Å². The van der Waals surface area contributed by atoms with Crippen molar-refractivity contribution in [3.8, 4) is 0 Å². The van der Waals surface area contributed by atoms with Crippen molar-refractivity contribution in [1.82, 2.24) is 9.80 Å². The van der Waals surface area contributed by atoms with E-state index in [2.05, 4.69) is 4.40 Å². The van der Waals surface area contributed by atoms with Crippen LogP contribution in [0.25, 0.3) is 0 Å². The summed E-state index contributed by atoms with van der Waals surface area (Å²) < 4.78 is 26.8. The number of carbonyl (C=O) groups is 1. The molecule has 2 fully saturated rings. The summed E-state index contributed by atoms with van der Waals surface area (Å²) in [5, 5.41) is 0. The number of fused-ring (bicyclic) bond motifs is 2. The molecule has 132 valence electrons. The van der Waals surface area contributed by atoms with Crippen LogP contribution in [0, 0.1) is 11.8 Å². The van der Waals surface area contributed by atoms with Crippen LogP contribution in [0.1, 0.15) is 12.8 Å². The minimum Gasteiger partial charge on any atom is -0.338 e. The highest BCUT2D eigenvalue weighted by molar-refractivity contribution is 7.90. The fraction of sp³-hybridized carbons (Fsp3) is 0.600. The number of sulfonamides is 1. The van der Waals surface area contributed by atoms with E-state index < -0.39 is 10.0 Å². The molecule has 1 amide bonds. The second-order valence-electron chi connectivity index (χ2n) is 6.72. The van der Waals surface area contributed by atoms with Crippen LogP contribution in [0.2, 0.25) is 0 Å². The lowest BCUT2D eigenvalue weighted by Gasteiger charge is -2.28. The third-order valence-corrected chi connectivity index (χ3v) is 6.43. The third-order valence-electron chi connectivity index (χ3n) is 5.27. The summed E-state index contributed by atoms with van der Waals surface area (Å²) >= 11 is 0. The maximum atomic E-state index is 12.7. The summed E-state index contributed by atoms with van der Waals surface area (Å²) in [7, 11) is -3.37. The van der Waals surface area contributed by atoms with Gasteiger partial charge in [-0.05, 0) is 36.8 Å². The molecule has 0 radical (unpaired) electrons. The molecule has 1 aliphatic carbocycles. The highest BCUT2D eigenvalue weighted by atomic mass is 35.5. The first-order valence-corrected chi connectivity index (χ1v) is 9.58. The molecule has 3 heterocycles. The van der Waals surface area contributed by atoms with Gasteiger partial charge in [0.05, 0.1) is 11.3 Å². The predicted octanol–water partition coefficient (Wildman–Crippen LogP) is 0.102. The molecule has 1 saturated heterocycles. The van der Waals surface area contributed by atoms with Crippen molar-refractivity contribution in [3.05, 3.63) is 23.9 Å². The molecule has 4 rings (SSSR count). The second-order valence-corrected chi connectivity index (χ2v) is 8.48. The lowest BCUT2D eigenvalue weighted by Crippen LogP contribution is -2.39. The Morgan fingerprint density at radius 1 is 1.25 bits per heavy atom. The average Bonchev–Trinajstić information content (AvgIpc) is 3.08. The number of nitrogens with zero attached hydrogens (tertiary/aromatic N) is 3. The second kappa shape index (κ2) is 6.16. The Morgan fingerprint density at radius 3 is 2.79 bits per heavy atom. The molecule has 0 aromatic heterocycles. The van der Waals surface area contributed by atoms with E-state index in [9.17, 15) is 13.2 Å². The molecule has 1 saturated carbocycles. The predicted molar refractivity (Wildman–Crippen MR) is 93.2 cm³/mol. The first-order chi connectivity index (χ1) is 10.9. The fourth-order valence-electron chi connectivity index (χ4n) is 3.98. The van der Waals surface area contributed by atoms with Crippen molar-refractivity contribution in [2.24, 2.45) is 22.0 Å². The first-order valence-electron chi connectivity index (χ1n) is 7.97. The maximum Gasteiger partial charge on any atom is 0.256 e. The van der Waals surface area contributed by atoms with Crippen molar-refractivity contribution in [2.75, 3.05) is 25.4 Å². The molecule has 3 atom stereocenters. The zero-order chi connectivity index (χ0) is 16.2. The molecule has 0 aromatic carbocycles. The number of amidine groups is 1. The topological polar surface area (TPSA) is 96.1 Å². The van der Waals surface area contributed by atoms with Crippen LogP contribution in [-0.2, 0) is 14.8 Å². The molecule has 7 nitrogen and oxygen atoms in total. The molecule has 0 spiro atoms. The van der Waals surface area contributed by atoms with Crippen LogP contribution < -0.4 is 5.73 Å². The standard InChI is InChI=1S/C15H20N4O3S.ClH/c16-13-3-1-10-7-19(9-12(10)13)15(20)11-2-4-14-17-23(21,22)6-5-18(14)8-11;/h2,4,8,10,12-13H,1,3,5-7,9,16H2;1H. The van der Waals surface area contributed by atoms with Crippen LogP contribution in [0.4, 0.5) is 0 Å². The van der Waals surface area contributed by atoms with Gasteiger partial charge in [0.2, 0.25) is 0 Å². The summed E-state index contributed by atoms with van der Waals surface area (Å²) in [5.41, 5.74) is 6.71. The van der Waals surface area contributed by atoms with Crippen LogP contribution in [0.3, 0.4) is 0 Å². The summed E-state index contributed by atoms with van der Waals surface area (Å²) in [5.74, 6) is 1.30. The Labute approximate surface area is 147 Å². The van der Waals surface area contributed by atoms with Crippen molar-refractivity contribution >= 4 is 34.2 Å². The summed E-state index contributed by atoms with van der Waals surface area (Å²) in [4.78, 5) is 16.3. The molecule has 3 aliphatic heterocycles. The first kappa shape index (κ1) is 17.4. The van der Waals surface area contributed by atoms with Gasteiger partial charge in [-0.3, -0.25) is 4.79 Å². The zero-order valence-corrected chi connectivity index (χ0v) is 14.8. The summed E-state index contributed by atoms with van der Waals surface area (Å²) in [6, 6.07) is 0.208. The smallest absolute Gasteiger partial charge is 0.256 e.